The Morgan fingerprint density at radius 2 is 1.82 bits per heavy atom. The number of sulfonamides is 1. The van der Waals surface area contributed by atoms with E-state index in [0.717, 1.165) is 16.7 Å². The smallest absolute Gasteiger partial charge is 0.229 e. The number of anilines is 1. The van der Waals surface area contributed by atoms with Crippen LogP contribution < -0.4 is 9.46 Å². The molecule has 0 saturated heterocycles. The Balaban J connectivity index is 1.90. The minimum atomic E-state index is -3.37. The van der Waals surface area contributed by atoms with Gasteiger partial charge in [0.05, 0.1) is 13.4 Å². The molecule has 1 aromatic heterocycles. The van der Waals surface area contributed by atoms with Gasteiger partial charge in [0, 0.05) is 27.3 Å². The number of nitrogens with one attached hydrogen (secondary N) is 1. The summed E-state index contributed by atoms with van der Waals surface area (Å²) in [6.45, 7) is 3.98. The molecule has 0 aliphatic rings. The fourth-order valence-corrected chi connectivity index (χ4v) is 4.03. The molecule has 144 valence electrons. The van der Waals surface area contributed by atoms with Crippen molar-refractivity contribution in [2.75, 3.05) is 18.1 Å². The van der Waals surface area contributed by atoms with E-state index < -0.39 is 10.0 Å². The van der Waals surface area contributed by atoms with Crippen LogP contribution in [0.2, 0.25) is 0 Å². The van der Waals surface area contributed by atoms with Crippen LogP contribution in [0.3, 0.4) is 0 Å². The molecule has 0 spiro atoms. The van der Waals surface area contributed by atoms with E-state index in [1.54, 1.807) is 42.7 Å². The number of carbonyl (C=O) groups is 1. The highest BCUT2D eigenvalue weighted by Gasteiger charge is 2.17. The number of hydrogen-bond acceptors (Lipinski definition) is 5. The Labute approximate surface area is 168 Å². The maximum atomic E-state index is 12.9. The van der Waals surface area contributed by atoms with Gasteiger partial charge in [0.15, 0.2) is 5.78 Å². The van der Waals surface area contributed by atoms with Crippen LogP contribution in [0.15, 0.2) is 66.6 Å². The highest BCUT2D eigenvalue weighted by atomic mass is 32.2. The van der Waals surface area contributed by atoms with Crippen molar-refractivity contribution in [3.05, 3.63) is 77.7 Å². The van der Waals surface area contributed by atoms with Crippen LogP contribution in [-0.2, 0) is 10.0 Å². The molecule has 0 radical (unpaired) electrons. The number of rotatable bonds is 7. The van der Waals surface area contributed by atoms with Crippen LogP contribution in [0.25, 0.3) is 16.0 Å². The second kappa shape index (κ2) is 8.00. The number of Topliss-reactive ketones (excluding diaryl/α,β-unsaturated/α-hetero) is 1. The van der Waals surface area contributed by atoms with Crippen LogP contribution >= 0.6 is 11.3 Å². The van der Waals surface area contributed by atoms with Gasteiger partial charge in [0.2, 0.25) is 10.0 Å². The molecular formula is C21H19NO4S2. The number of ether oxygens (including phenoxy) is 1. The molecule has 7 heteroatoms. The third kappa shape index (κ3) is 4.49. The molecule has 3 aromatic rings. The van der Waals surface area contributed by atoms with Crippen molar-refractivity contribution in [2.45, 2.75) is 0 Å². The number of hydrogen-bond donors (Lipinski definition) is 1. The molecule has 0 amide bonds. The minimum absolute atomic E-state index is 0.257. The molecule has 28 heavy (non-hydrogen) atoms. The summed E-state index contributed by atoms with van der Waals surface area (Å²) in [6.07, 6.45) is 1.07. The van der Waals surface area contributed by atoms with E-state index in [0.29, 0.717) is 28.1 Å². The molecule has 0 bridgehead atoms. The SMILES string of the molecule is C=C(C(=O)c1ccc(NS(C)(=O)=O)cc1)c1cc(-c2cccs2)ccc1OC. The average Bonchev–Trinajstić information content (AvgIpc) is 3.20. The first-order valence-electron chi connectivity index (χ1n) is 8.32. The molecular weight excluding hydrogens is 394 g/mol. The second-order valence-corrected chi connectivity index (χ2v) is 8.85. The summed E-state index contributed by atoms with van der Waals surface area (Å²) < 4.78 is 30.4. The maximum absolute atomic E-state index is 12.9. The Morgan fingerprint density at radius 1 is 1.11 bits per heavy atom. The zero-order chi connectivity index (χ0) is 20.3. The number of ketones is 1. The predicted molar refractivity (Wildman–Crippen MR) is 115 cm³/mol. The first kappa shape index (κ1) is 19.9. The van der Waals surface area contributed by atoms with Crippen LogP contribution in [0.1, 0.15) is 15.9 Å². The quantitative estimate of drug-likeness (QED) is 0.450. The molecule has 0 saturated carbocycles. The van der Waals surface area contributed by atoms with Gasteiger partial charge < -0.3 is 4.74 Å². The van der Waals surface area contributed by atoms with Gasteiger partial charge in [-0.1, -0.05) is 12.6 Å². The molecule has 2 aromatic carbocycles. The van der Waals surface area contributed by atoms with Gasteiger partial charge >= 0.3 is 0 Å². The molecule has 0 fully saturated rings. The predicted octanol–water partition coefficient (Wildman–Crippen LogP) is 4.69. The average molecular weight is 414 g/mol. The van der Waals surface area contributed by atoms with Crippen molar-refractivity contribution in [1.29, 1.82) is 0 Å². The monoisotopic (exact) mass is 413 g/mol. The molecule has 1 heterocycles. The molecule has 1 N–H and O–H groups in total. The fraction of sp³-hybridized carbons (Fsp3) is 0.0952. The summed E-state index contributed by atoms with van der Waals surface area (Å²) in [5.41, 5.74) is 2.71. The number of thiophene rings is 1. The van der Waals surface area contributed by atoms with Crippen LogP contribution in [0.4, 0.5) is 5.69 Å². The first-order valence-corrected chi connectivity index (χ1v) is 11.1. The van der Waals surface area contributed by atoms with E-state index in [-0.39, 0.29) is 5.78 Å². The van der Waals surface area contributed by atoms with E-state index in [1.807, 2.05) is 35.7 Å². The fourth-order valence-electron chi connectivity index (χ4n) is 2.74. The van der Waals surface area contributed by atoms with Gasteiger partial charge in [-0.3, -0.25) is 9.52 Å². The Kier molecular flexibility index (Phi) is 5.67. The van der Waals surface area contributed by atoms with E-state index >= 15 is 0 Å². The summed E-state index contributed by atoms with van der Waals surface area (Å²) in [6, 6.07) is 15.9. The van der Waals surface area contributed by atoms with E-state index in [4.69, 9.17) is 4.74 Å². The lowest BCUT2D eigenvalue weighted by Gasteiger charge is -2.13. The highest BCUT2D eigenvalue weighted by molar-refractivity contribution is 7.92. The molecule has 0 unspecified atom stereocenters. The van der Waals surface area contributed by atoms with Gasteiger partial charge in [0.25, 0.3) is 0 Å². The normalized spacial score (nSPS) is 11.1. The zero-order valence-electron chi connectivity index (χ0n) is 15.4. The second-order valence-electron chi connectivity index (χ2n) is 6.15. The Morgan fingerprint density at radius 3 is 2.39 bits per heavy atom. The summed E-state index contributed by atoms with van der Waals surface area (Å²) in [4.78, 5) is 14.0. The number of allylic oxidation sites excluding steroid dienone is 1. The maximum Gasteiger partial charge on any atom is 0.229 e. The van der Waals surface area contributed by atoms with Crippen molar-refractivity contribution >= 4 is 38.4 Å². The van der Waals surface area contributed by atoms with Gasteiger partial charge in [-0.05, 0) is 59.5 Å². The lowest BCUT2D eigenvalue weighted by molar-refractivity contribution is 0.105. The van der Waals surface area contributed by atoms with E-state index in [9.17, 15) is 13.2 Å². The van der Waals surface area contributed by atoms with Crippen molar-refractivity contribution in [3.8, 4) is 16.2 Å². The highest BCUT2D eigenvalue weighted by Crippen LogP contribution is 2.34. The molecule has 0 aliphatic heterocycles. The van der Waals surface area contributed by atoms with Crippen LogP contribution in [0, 0.1) is 0 Å². The lowest BCUT2D eigenvalue weighted by atomic mass is 9.95. The van der Waals surface area contributed by atoms with Gasteiger partial charge in [-0.2, -0.15) is 0 Å². The van der Waals surface area contributed by atoms with Gasteiger partial charge in [-0.15, -0.1) is 11.3 Å². The van der Waals surface area contributed by atoms with Crippen molar-refractivity contribution in [1.82, 2.24) is 0 Å². The zero-order valence-corrected chi connectivity index (χ0v) is 17.1. The van der Waals surface area contributed by atoms with E-state index in [2.05, 4.69) is 11.3 Å². The topological polar surface area (TPSA) is 72.5 Å². The third-order valence-corrected chi connectivity index (χ3v) is 5.58. The Bertz CT molecular complexity index is 1120. The molecule has 0 atom stereocenters. The van der Waals surface area contributed by atoms with Crippen molar-refractivity contribution < 1.29 is 17.9 Å². The largest absolute Gasteiger partial charge is 0.496 e. The summed E-state index contributed by atoms with van der Waals surface area (Å²) >= 11 is 1.61. The summed E-state index contributed by atoms with van der Waals surface area (Å²) in [5.74, 6) is 0.307. The Hall–Kier alpha value is -2.90. The van der Waals surface area contributed by atoms with Crippen LogP contribution in [-0.4, -0.2) is 27.6 Å². The first-order chi connectivity index (χ1) is 13.3. The number of carbonyl (C=O) groups excluding carboxylic acids is 1. The summed E-state index contributed by atoms with van der Waals surface area (Å²) in [7, 11) is -1.82. The lowest BCUT2D eigenvalue weighted by Crippen LogP contribution is -2.10. The summed E-state index contributed by atoms with van der Waals surface area (Å²) in [5, 5.41) is 1.99. The van der Waals surface area contributed by atoms with Crippen LogP contribution in [0.5, 0.6) is 5.75 Å². The third-order valence-electron chi connectivity index (χ3n) is 4.05. The van der Waals surface area contributed by atoms with Gasteiger partial charge in [0.1, 0.15) is 5.75 Å². The molecule has 3 rings (SSSR count). The molecule has 5 nitrogen and oxygen atoms in total. The standard InChI is InChI=1S/C21H19NO4S2/c1-14(21(23)15-6-9-17(10-7-15)22-28(3,24)25)18-13-16(8-11-19(18)26-2)20-5-4-12-27-20/h4-13,22H,1H2,2-3H3. The number of benzene rings is 2. The molecule has 0 aliphatic carbocycles. The van der Waals surface area contributed by atoms with Crippen molar-refractivity contribution in [3.63, 3.8) is 0 Å². The minimum Gasteiger partial charge on any atom is -0.496 e. The number of methoxy groups -OCH3 is 1. The van der Waals surface area contributed by atoms with Crippen molar-refractivity contribution in [2.24, 2.45) is 0 Å². The van der Waals surface area contributed by atoms with Gasteiger partial charge in [-0.25, -0.2) is 8.42 Å². The van der Waals surface area contributed by atoms with E-state index in [1.165, 1.54) is 0 Å².